The molecule has 0 unspecified atom stereocenters. The molecule has 3 heteroatoms. The molecule has 19 heavy (non-hydrogen) atoms. The average molecular weight is 271 g/mol. The number of ketones is 1. The van der Waals surface area contributed by atoms with E-state index in [9.17, 15) is 4.79 Å². The molecule has 0 N–H and O–H groups in total. The smallest absolute Gasteiger partial charge is 0.161 e. The number of nitrogens with zero attached hydrogens (tertiary/aromatic N) is 1. The quantitative estimate of drug-likeness (QED) is 0.764. The minimum absolute atomic E-state index is 0.0466. The Bertz CT molecular complexity index is 558. The minimum atomic E-state index is 0.0466. The second-order valence-corrected chi connectivity index (χ2v) is 5.86. The number of carbonyl (C=O) groups is 1. The molecular formula is C16H17NOS. The molecule has 1 aromatic heterocycles. The number of carbonyl (C=O) groups excluding carboxylic acids is 1. The fraction of sp³-hybridized carbons (Fsp3) is 0.250. The van der Waals surface area contributed by atoms with Gasteiger partial charge >= 0.3 is 0 Å². The molecule has 0 spiro atoms. The van der Waals surface area contributed by atoms with Crippen LogP contribution in [0.1, 0.15) is 42.6 Å². The van der Waals surface area contributed by atoms with Gasteiger partial charge < -0.3 is 0 Å². The minimum Gasteiger partial charge on any atom is -0.294 e. The third kappa shape index (κ3) is 3.67. The lowest BCUT2D eigenvalue weighted by molar-refractivity contribution is 0.101. The van der Waals surface area contributed by atoms with Crippen molar-refractivity contribution in [3.63, 3.8) is 0 Å². The second-order valence-electron chi connectivity index (χ2n) is 4.77. The Hall–Kier alpha value is -1.61. The molecule has 2 aromatic rings. The van der Waals surface area contributed by atoms with Crippen molar-refractivity contribution in [2.75, 3.05) is 0 Å². The molecule has 0 aliphatic carbocycles. The summed E-state index contributed by atoms with van der Waals surface area (Å²) in [5.41, 5.74) is 1.99. The first-order chi connectivity index (χ1) is 9.06. The highest BCUT2D eigenvalue weighted by Crippen LogP contribution is 2.27. The van der Waals surface area contributed by atoms with Crippen molar-refractivity contribution < 1.29 is 4.79 Å². The van der Waals surface area contributed by atoms with Gasteiger partial charge in [0.2, 0.25) is 0 Å². The topological polar surface area (TPSA) is 30.0 Å². The van der Waals surface area contributed by atoms with Crippen molar-refractivity contribution in [2.45, 2.75) is 36.6 Å². The summed E-state index contributed by atoms with van der Waals surface area (Å²) in [7, 11) is 0. The lowest BCUT2D eigenvalue weighted by Crippen LogP contribution is -1.93. The van der Waals surface area contributed by atoms with Crippen molar-refractivity contribution in [2.24, 2.45) is 0 Å². The lowest BCUT2D eigenvalue weighted by Gasteiger charge is -2.06. The number of benzene rings is 1. The van der Waals surface area contributed by atoms with Crippen LogP contribution in [0.15, 0.2) is 52.5 Å². The molecule has 2 nitrogen and oxygen atoms in total. The first-order valence-electron chi connectivity index (χ1n) is 6.31. The van der Waals surface area contributed by atoms with E-state index in [0.29, 0.717) is 11.5 Å². The predicted octanol–water partition coefficient (Wildman–Crippen LogP) is 4.56. The fourth-order valence-corrected chi connectivity index (χ4v) is 2.45. The van der Waals surface area contributed by atoms with Crippen molar-refractivity contribution in [1.29, 1.82) is 0 Å². The Kier molecular flexibility index (Phi) is 4.38. The van der Waals surface area contributed by atoms with Gasteiger partial charge in [-0.25, -0.2) is 4.98 Å². The average Bonchev–Trinajstić information content (AvgIpc) is 2.40. The zero-order chi connectivity index (χ0) is 13.8. The van der Waals surface area contributed by atoms with E-state index in [0.717, 1.165) is 9.92 Å². The lowest BCUT2D eigenvalue weighted by atomic mass is 10.0. The Balaban J connectivity index is 2.10. The summed E-state index contributed by atoms with van der Waals surface area (Å²) in [4.78, 5) is 16.6. The van der Waals surface area contributed by atoms with Crippen LogP contribution in [0.25, 0.3) is 0 Å². The first kappa shape index (κ1) is 13.8. The van der Waals surface area contributed by atoms with Gasteiger partial charge in [-0.2, -0.15) is 0 Å². The van der Waals surface area contributed by atoms with Gasteiger partial charge in [0.15, 0.2) is 5.78 Å². The molecule has 0 atom stereocenters. The maximum Gasteiger partial charge on any atom is 0.161 e. The Morgan fingerprint density at radius 3 is 2.26 bits per heavy atom. The van der Waals surface area contributed by atoms with Crippen LogP contribution in [0.2, 0.25) is 0 Å². The summed E-state index contributed by atoms with van der Waals surface area (Å²) < 4.78 is 0. The number of hydrogen-bond donors (Lipinski definition) is 0. The van der Waals surface area contributed by atoms with Crippen molar-refractivity contribution in [3.8, 4) is 0 Å². The monoisotopic (exact) mass is 271 g/mol. The molecule has 98 valence electrons. The van der Waals surface area contributed by atoms with Crippen LogP contribution < -0.4 is 0 Å². The van der Waals surface area contributed by atoms with Gasteiger partial charge in [-0.05, 0) is 42.7 Å². The van der Waals surface area contributed by atoms with Crippen LogP contribution in [0.5, 0.6) is 0 Å². The molecule has 1 aromatic carbocycles. The standard InChI is InChI=1S/C16H17NOS/c1-11(2)13-4-7-15(8-5-13)19-16-9-6-14(10-17-16)12(3)18/h4-11H,1-3H3. The van der Waals surface area contributed by atoms with Crippen LogP contribution in [0, 0.1) is 0 Å². The van der Waals surface area contributed by atoms with Crippen LogP contribution in [0.3, 0.4) is 0 Å². The number of hydrogen-bond acceptors (Lipinski definition) is 3. The molecule has 0 saturated carbocycles. The zero-order valence-electron chi connectivity index (χ0n) is 11.4. The third-order valence-electron chi connectivity index (χ3n) is 2.91. The number of Topliss-reactive ketones (excluding diaryl/α,β-unsaturated/α-hetero) is 1. The van der Waals surface area contributed by atoms with Gasteiger partial charge in [-0.15, -0.1) is 0 Å². The molecule has 0 aliphatic rings. The highest BCUT2D eigenvalue weighted by molar-refractivity contribution is 7.99. The van der Waals surface area contributed by atoms with Crippen molar-refractivity contribution in [3.05, 3.63) is 53.7 Å². The van der Waals surface area contributed by atoms with Gasteiger partial charge in [-0.1, -0.05) is 37.7 Å². The largest absolute Gasteiger partial charge is 0.294 e. The highest BCUT2D eigenvalue weighted by atomic mass is 32.2. The van der Waals surface area contributed by atoms with Crippen molar-refractivity contribution in [1.82, 2.24) is 4.98 Å². The third-order valence-corrected chi connectivity index (χ3v) is 3.87. The summed E-state index contributed by atoms with van der Waals surface area (Å²) in [6.07, 6.45) is 1.63. The highest BCUT2D eigenvalue weighted by Gasteiger charge is 2.03. The van der Waals surface area contributed by atoms with Crippen LogP contribution in [-0.2, 0) is 0 Å². The molecule has 0 amide bonds. The van der Waals surface area contributed by atoms with E-state index in [1.54, 1.807) is 24.9 Å². The van der Waals surface area contributed by atoms with Crippen LogP contribution >= 0.6 is 11.8 Å². The van der Waals surface area contributed by atoms with Crippen LogP contribution in [-0.4, -0.2) is 10.8 Å². The maximum atomic E-state index is 11.2. The van der Waals surface area contributed by atoms with E-state index in [2.05, 4.69) is 43.1 Å². The Morgan fingerprint density at radius 2 is 1.79 bits per heavy atom. The Labute approximate surface area is 118 Å². The summed E-state index contributed by atoms with van der Waals surface area (Å²) in [6, 6.07) is 12.2. The number of rotatable bonds is 4. The van der Waals surface area contributed by atoms with E-state index < -0.39 is 0 Å². The molecule has 0 fully saturated rings. The first-order valence-corrected chi connectivity index (χ1v) is 7.12. The molecular weight excluding hydrogens is 254 g/mol. The molecule has 2 rings (SSSR count). The zero-order valence-corrected chi connectivity index (χ0v) is 12.2. The van der Waals surface area contributed by atoms with Gasteiger partial charge in [-0.3, -0.25) is 4.79 Å². The normalized spacial score (nSPS) is 10.7. The van der Waals surface area contributed by atoms with E-state index in [-0.39, 0.29) is 5.78 Å². The number of aromatic nitrogens is 1. The molecule has 1 heterocycles. The predicted molar refractivity (Wildman–Crippen MR) is 78.9 cm³/mol. The summed E-state index contributed by atoms with van der Waals surface area (Å²) in [5.74, 6) is 0.595. The van der Waals surface area contributed by atoms with Gasteiger partial charge in [0, 0.05) is 16.7 Å². The summed E-state index contributed by atoms with van der Waals surface area (Å²) in [6.45, 7) is 5.92. The molecule has 0 radical (unpaired) electrons. The van der Waals surface area contributed by atoms with Gasteiger partial charge in [0.25, 0.3) is 0 Å². The van der Waals surface area contributed by atoms with E-state index >= 15 is 0 Å². The SMILES string of the molecule is CC(=O)c1ccc(Sc2ccc(C(C)C)cc2)nc1. The second kappa shape index (κ2) is 6.02. The van der Waals surface area contributed by atoms with Gasteiger partial charge in [0.05, 0.1) is 0 Å². The fourth-order valence-electron chi connectivity index (χ4n) is 1.69. The van der Waals surface area contributed by atoms with Crippen molar-refractivity contribution >= 4 is 17.5 Å². The molecule has 0 bridgehead atoms. The summed E-state index contributed by atoms with van der Waals surface area (Å²) >= 11 is 1.61. The molecule has 0 aliphatic heterocycles. The van der Waals surface area contributed by atoms with E-state index in [1.807, 2.05) is 12.1 Å². The van der Waals surface area contributed by atoms with Crippen LogP contribution in [0.4, 0.5) is 0 Å². The maximum absolute atomic E-state index is 11.2. The Morgan fingerprint density at radius 1 is 1.11 bits per heavy atom. The molecule has 0 saturated heterocycles. The number of pyridine rings is 1. The van der Waals surface area contributed by atoms with E-state index in [4.69, 9.17) is 0 Å². The van der Waals surface area contributed by atoms with E-state index in [1.165, 1.54) is 5.56 Å². The summed E-state index contributed by atoms with van der Waals surface area (Å²) in [5, 5.41) is 0.905. The van der Waals surface area contributed by atoms with Gasteiger partial charge in [0.1, 0.15) is 5.03 Å².